The lowest BCUT2D eigenvalue weighted by Gasteiger charge is -1.94. The third kappa shape index (κ3) is 7.48. The Kier molecular flexibility index (Phi) is 6.96. The SMILES string of the molecule is CC=CC(N)=O.OB(O)c1ccccc1. The summed E-state index contributed by atoms with van der Waals surface area (Å²) < 4.78 is 0. The van der Waals surface area contributed by atoms with Gasteiger partial charge in [-0.15, -0.1) is 0 Å². The summed E-state index contributed by atoms with van der Waals surface area (Å²) in [6.45, 7) is 1.74. The van der Waals surface area contributed by atoms with Gasteiger partial charge in [-0.1, -0.05) is 36.4 Å². The zero-order valence-corrected chi connectivity index (χ0v) is 8.50. The fourth-order valence-electron chi connectivity index (χ4n) is 0.789. The summed E-state index contributed by atoms with van der Waals surface area (Å²) in [5.41, 5.74) is 5.20. The second-order valence-electron chi connectivity index (χ2n) is 2.69. The van der Waals surface area contributed by atoms with Crippen molar-refractivity contribution in [1.82, 2.24) is 0 Å². The fourth-order valence-corrected chi connectivity index (χ4v) is 0.789. The average molecular weight is 207 g/mol. The number of hydrogen-bond donors (Lipinski definition) is 3. The van der Waals surface area contributed by atoms with Gasteiger partial charge in [0, 0.05) is 0 Å². The maximum absolute atomic E-state index is 9.73. The van der Waals surface area contributed by atoms with E-state index in [9.17, 15) is 4.79 Å². The fraction of sp³-hybridized carbons (Fsp3) is 0.100. The lowest BCUT2D eigenvalue weighted by molar-refractivity contribution is -0.113. The molecular weight excluding hydrogens is 193 g/mol. The number of amides is 1. The molecular formula is C10H14BNO3. The standard InChI is InChI=1S/C6H7BO2.C4H7NO/c8-7(9)6-4-2-1-3-5-6;1-2-3-4(5)6/h1-5,8-9H;2-3H,1H3,(H2,5,6). The monoisotopic (exact) mass is 207 g/mol. The summed E-state index contributed by atoms with van der Waals surface area (Å²) in [5.74, 6) is -0.391. The highest BCUT2D eigenvalue weighted by Gasteiger charge is 2.07. The zero-order valence-electron chi connectivity index (χ0n) is 8.50. The van der Waals surface area contributed by atoms with Gasteiger partial charge in [-0.05, 0) is 18.5 Å². The molecule has 0 fully saturated rings. The van der Waals surface area contributed by atoms with E-state index in [1.165, 1.54) is 6.08 Å². The molecule has 15 heavy (non-hydrogen) atoms. The van der Waals surface area contributed by atoms with E-state index in [1.807, 2.05) is 6.07 Å². The van der Waals surface area contributed by atoms with E-state index in [-0.39, 0.29) is 0 Å². The number of carbonyl (C=O) groups excluding carboxylic acids is 1. The number of nitrogens with two attached hydrogens (primary N) is 1. The van der Waals surface area contributed by atoms with Gasteiger partial charge < -0.3 is 15.8 Å². The predicted octanol–water partition coefficient (Wildman–Crippen LogP) is -0.586. The predicted molar refractivity (Wildman–Crippen MR) is 60.3 cm³/mol. The summed E-state index contributed by atoms with van der Waals surface area (Å²) in [5, 5.41) is 17.2. The van der Waals surface area contributed by atoms with Crippen molar-refractivity contribution in [2.75, 3.05) is 0 Å². The normalized spacial score (nSPS) is 9.27. The largest absolute Gasteiger partial charge is 0.488 e. The Labute approximate surface area is 89.2 Å². The number of rotatable bonds is 2. The third-order valence-corrected chi connectivity index (χ3v) is 1.43. The van der Waals surface area contributed by atoms with Crippen molar-refractivity contribution in [1.29, 1.82) is 0 Å². The number of hydrogen-bond acceptors (Lipinski definition) is 3. The molecule has 0 aliphatic rings. The van der Waals surface area contributed by atoms with Crippen molar-refractivity contribution in [3.05, 3.63) is 42.5 Å². The lowest BCUT2D eigenvalue weighted by Crippen LogP contribution is -2.29. The summed E-state index contributed by atoms with van der Waals surface area (Å²) in [6, 6.07) is 8.66. The van der Waals surface area contributed by atoms with Crippen molar-refractivity contribution in [2.45, 2.75) is 6.92 Å². The molecule has 1 aromatic rings. The molecule has 0 saturated heterocycles. The smallest absolute Gasteiger partial charge is 0.423 e. The first-order valence-electron chi connectivity index (χ1n) is 4.41. The summed E-state index contributed by atoms with van der Waals surface area (Å²) in [6.07, 6.45) is 2.91. The van der Waals surface area contributed by atoms with Gasteiger partial charge >= 0.3 is 7.12 Å². The van der Waals surface area contributed by atoms with Crippen LogP contribution in [0.4, 0.5) is 0 Å². The minimum Gasteiger partial charge on any atom is -0.423 e. The molecule has 0 radical (unpaired) electrons. The first-order chi connectivity index (χ1) is 7.07. The highest BCUT2D eigenvalue weighted by molar-refractivity contribution is 6.58. The Morgan fingerprint density at radius 3 is 2.07 bits per heavy atom. The Hall–Kier alpha value is -1.59. The molecule has 0 atom stereocenters. The average Bonchev–Trinajstić information content (AvgIpc) is 2.20. The van der Waals surface area contributed by atoms with E-state index < -0.39 is 13.0 Å². The molecule has 5 heteroatoms. The Balaban J connectivity index is 0.000000288. The molecule has 1 rings (SSSR count). The number of benzene rings is 1. The molecule has 0 aromatic heterocycles. The minimum atomic E-state index is -1.34. The zero-order chi connectivity index (χ0) is 11.7. The molecule has 0 saturated carbocycles. The van der Waals surface area contributed by atoms with Gasteiger partial charge in [0.2, 0.25) is 5.91 Å². The molecule has 1 amide bonds. The molecule has 0 unspecified atom stereocenters. The van der Waals surface area contributed by atoms with Gasteiger partial charge in [-0.25, -0.2) is 0 Å². The summed E-state index contributed by atoms with van der Waals surface area (Å²) in [4.78, 5) is 9.73. The van der Waals surface area contributed by atoms with Gasteiger partial charge in [0.05, 0.1) is 0 Å². The maximum atomic E-state index is 9.73. The highest BCUT2D eigenvalue weighted by atomic mass is 16.4. The van der Waals surface area contributed by atoms with E-state index in [4.69, 9.17) is 10.0 Å². The van der Waals surface area contributed by atoms with E-state index >= 15 is 0 Å². The molecule has 0 bridgehead atoms. The second kappa shape index (κ2) is 7.79. The van der Waals surface area contributed by atoms with Crippen LogP contribution >= 0.6 is 0 Å². The number of primary amides is 1. The topological polar surface area (TPSA) is 83.6 Å². The van der Waals surface area contributed by atoms with Crippen LogP contribution in [0.25, 0.3) is 0 Å². The van der Waals surface area contributed by atoms with E-state index in [0.29, 0.717) is 5.46 Å². The van der Waals surface area contributed by atoms with E-state index in [1.54, 1.807) is 37.3 Å². The molecule has 0 heterocycles. The van der Waals surface area contributed by atoms with Crippen LogP contribution < -0.4 is 11.2 Å². The van der Waals surface area contributed by atoms with Crippen molar-refractivity contribution in [3.63, 3.8) is 0 Å². The minimum absolute atomic E-state index is 0.391. The molecule has 0 spiro atoms. The third-order valence-electron chi connectivity index (χ3n) is 1.43. The van der Waals surface area contributed by atoms with Crippen molar-refractivity contribution in [2.24, 2.45) is 5.73 Å². The highest BCUT2D eigenvalue weighted by Crippen LogP contribution is 1.82. The summed E-state index contributed by atoms with van der Waals surface area (Å²) >= 11 is 0. The molecule has 0 aliphatic carbocycles. The molecule has 80 valence electrons. The van der Waals surface area contributed by atoms with Crippen LogP contribution in [0.5, 0.6) is 0 Å². The van der Waals surface area contributed by atoms with Gasteiger partial charge in [-0.3, -0.25) is 4.79 Å². The van der Waals surface area contributed by atoms with Crippen LogP contribution in [0.15, 0.2) is 42.5 Å². The quantitative estimate of drug-likeness (QED) is 0.447. The van der Waals surface area contributed by atoms with Gasteiger partial charge in [0.25, 0.3) is 0 Å². The number of allylic oxidation sites excluding steroid dienone is 1. The van der Waals surface area contributed by atoms with E-state index in [2.05, 4.69) is 5.73 Å². The molecule has 0 aliphatic heterocycles. The molecule has 1 aromatic carbocycles. The van der Waals surface area contributed by atoms with Crippen LogP contribution in [0.3, 0.4) is 0 Å². The Morgan fingerprint density at radius 2 is 1.87 bits per heavy atom. The van der Waals surface area contributed by atoms with Gasteiger partial charge in [-0.2, -0.15) is 0 Å². The van der Waals surface area contributed by atoms with Crippen LogP contribution in [-0.2, 0) is 4.79 Å². The van der Waals surface area contributed by atoms with Crippen LogP contribution in [0.2, 0.25) is 0 Å². The number of carbonyl (C=O) groups is 1. The van der Waals surface area contributed by atoms with E-state index in [0.717, 1.165) is 0 Å². The Morgan fingerprint density at radius 1 is 1.33 bits per heavy atom. The van der Waals surface area contributed by atoms with Crippen LogP contribution in [0.1, 0.15) is 6.92 Å². The van der Waals surface area contributed by atoms with Crippen molar-refractivity contribution in [3.8, 4) is 0 Å². The van der Waals surface area contributed by atoms with Gasteiger partial charge in [0.15, 0.2) is 0 Å². The Bertz CT molecular complexity index is 312. The van der Waals surface area contributed by atoms with Crippen LogP contribution in [-0.4, -0.2) is 23.1 Å². The lowest BCUT2D eigenvalue weighted by atomic mass is 9.81. The van der Waals surface area contributed by atoms with Crippen molar-refractivity contribution >= 4 is 18.5 Å². The second-order valence-corrected chi connectivity index (χ2v) is 2.69. The molecule has 4 N–H and O–H groups in total. The first-order valence-corrected chi connectivity index (χ1v) is 4.41. The van der Waals surface area contributed by atoms with Crippen LogP contribution in [0, 0.1) is 0 Å². The summed E-state index contributed by atoms with van der Waals surface area (Å²) in [7, 11) is -1.34. The first kappa shape index (κ1) is 13.4. The van der Waals surface area contributed by atoms with Gasteiger partial charge in [0.1, 0.15) is 0 Å². The molecule has 4 nitrogen and oxygen atoms in total. The maximum Gasteiger partial charge on any atom is 0.488 e. The van der Waals surface area contributed by atoms with Crippen molar-refractivity contribution < 1.29 is 14.8 Å².